The van der Waals surface area contributed by atoms with Crippen molar-refractivity contribution in [3.05, 3.63) is 69.8 Å². The van der Waals surface area contributed by atoms with Crippen molar-refractivity contribution in [3.63, 3.8) is 0 Å². The van der Waals surface area contributed by atoms with Crippen LogP contribution >= 0.6 is 0 Å². The number of hydrogen-bond acceptors (Lipinski definition) is 4. The van der Waals surface area contributed by atoms with Gasteiger partial charge in [0.25, 0.3) is 0 Å². The molecule has 2 aromatic carbocycles. The zero-order valence-electron chi connectivity index (χ0n) is 18.6. The average Bonchev–Trinajstić information content (AvgIpc) is 2.75. The standard InChI is InChI=1S/C26H32N2O3/c1-3-20-13-22(10-11-24(20)14-28-15-25(16-28)26(29)30)18(2)27-31-17-19-8-9-21-6-4-5-7-23(21)12-19/h8-13,25H,3-7,14-17H2,1-2H3,(H,29,30)/b27-18+. The van der Waals surface area contributed by atoms with Crippen LogP contribution in [0.2, 0.25) is 0 Å². The van der Waals surface area contributed by atoms with Crippen LogP contribution in [-0.4, -0.2) is 34.8 Å². The van der Waals surface area contributed by atoms with Crippen LogP contribution in [0.4, 0.5) is 0 Å². The average molecular weight is 421 g/mol. The van der Waals surface area contributed by atoms with Crippen LogP contribution in [0.5, 0.6) is 0 Å². The number of hydrogen-bond donors (Lipinski definition) is 1. The summed E-state index contributed by atoms with van der Waals surface area (Å²) in [7, 11) is 0. The highest BCUT2D eigenvalue weighted by Crippen LogP contribution is 2.24. The van der Waals surface area contributed by atoms with Crippen molar-refractivity contribution < 1.29 is 14.7 Å². The Labute approximate surface area is 184 Å². The lowest BCUT2D eigenvalue weighted by atomic mass is 9.90. The molecular formula is C26H32N2O3. The zero-order chi connectivity index (χ0) is 21.8. The Kier molecular flexibility index (Phi) is 6.71. The Morgan fingerprint density at radius 3 is 2.61 bits per heavy atom. The van der Waals surface area contributed by atoms with Gasteiger partial charge in [-0.25, -0.2) is 0 Å². The van der Waals surface area contributed by atoms with E-state index in [1.165, 1.54) is 53.5 Å². The molecule has 1 fully saturated rings. The fourth-order valence-corrected chi connectivity index (χ4v) is 4.56. The van der Waals surface area contributed by atoms with E-state index in [9.17, 15) is 4.79 Å². The Hall–Kier alpha value is -2.66. The minimum atomic E-state index is -0.690. The first-order valence-electron chi connectivity index (χ1n) is 11.4. The molecule has 0 atom stereocenters. The van der Waals surface area contributed by atoms with Crippen molar-refractivity contribution in [1.82, 2.24) is 4.90 Å². The molecule has 1 saturated heterocycles. The summed E-state index contributed by atoms with van der Waals surface area (Å²) in [6, 6.07) is 13.1. The topological polar surface area (TPSA) is 62.1 Å². The maximum absolute atomic E-state index is 11.0. The summed E-state index contributed by atoms with van der Waals surface area (Å²) in [6.07, 6.45) is 5.88. The number of benzene rings is 2. The monoisotopic (exact) mass is 420 g/mol. The van der Waals surface area contributed by atoms with Gasteiger partial charge in [0.2, 0.25) is 0 Å². The fourth-order valence-electron chi connectivity index (χ4n) is 4.56. The predicted molar refractivity (Wildman–Crippen MR) is 122 cm³/mol. The summed E-state index contributed by atoms with van der Waals surface area (Å²) >= 11 is 0. The summed E-state index contributed by atoms with van der Waals surface area (Å²) < 4.78 is 0. The Morgan fingerprint density at radius 1 is 1.10 bits per heavy atom. The molecule has 0 bridgehead atoms. The predicted octanol–water partition coefficient (Wildman–Crippen LogP) is 4.59. The van der Waals surface area contributed by atoms with Gasteiger partial charge in [0.1, 0.15) is 6.61 Å². The molecule has 0 spiro atoms. The normalized spacial score (nSPS) is 17.2. The van der Waals surface area contributed by atoms with E-state index in [0.29, 0.717) is 19.7 Å². The lowest BCUT2D eigenvalue weighted by molar-refractivity contribution is -0.147. The largest absolute Gasteiger partial charge is 0.481 e. The molecule has 5 heteroatoms. The van der Waals surface area contributed by atoms with Crippen molar-refractivity contribution in [2.45, 2.75) is 59.1 Å². The third-order valence-electron chi connectivity index (χ3n) is 6.55. The molecule has 2 aromatic rings. The second-order valence-electron chi connectivity index (χ2n) is 8.83. The second kappa shape index (κ2) is 9.65. The van der Waals surface area contributed by atoms with Gasteiger partial charge < -0.3 is 9.94 Å². The Balaban J connectivity index is 1.36. The van der Waals surface area contributed by atoms with E-state index in [4.69, 9.17) is 9.94 Å². The van der Waals surface area contributed by atoms with E-state index in [2.05, 4.69) is 53.4 Å². The number of likely N-dealkylation sites (tertiary alicyclic amines) is 1. The molecule has 0 aromatic heterocycles. The lowest BCUT2D eigenvalue weighted by Crippen LogP contribution is -2.49. The zero-order valence-corrected chi connectivity index (χ0v) is 18.6. The maximum atomic E-state index is 11.0. The molecule has 0 saturated carbocycles. The van der Waals surface area contributed by atoms with Crippen LogP contribution in [0.15, 0.2) is 41.6 Å². The molecule has 1 N–H and O–H groups in total. The number of aryl methyl sites for hydroxylation is 3. The van der Waals surface area contributed by atoms with Gasteiger partial charge in [0, 0.05) is 19.6 Å². The molecule has 31 heavy (non-hydrogen) atoms. The van der Waals surface area contributed by atoms with Gasteiger partial charge in [0.15, 0.2) is 0 Å². The number of carbonyl (C=O) groups is 1. The molecule has 1 heterocycles. The summed E-state index contributed by atoms with van der Waals surface area (Å²) in [5.41, 5.74) is 8.60. The van der Waals surface area contributed by atoms with Gasteiger partial charge in [-0.05, 0) is 78.5 Å². The lowest BCUT2D eigenvalue weighted by Gasteiger charge is -2.37. The van der Waals surface area contributed by atoms with Gasteiger partial charge in [-0.3, -0.25) is 9.69 Å². The molecule has 5 nitrogen and oxygen atoms in total. The highest BCUT2D eigenvalue weighted by Gasteiger charge is 2.32. The molecule has 0 radical (unpaired) electrons. The third kappa shape index (κ3) is 5.16. The number of nitrogens with zero attached hydrogens (tertiary/aromatic N) is 2. The fraction of sp³-hybridized carbons (Fsp3) is 0.462. The summed E-state index contributed by atoms with van der Waals surface area (Å²) in [5.74, 6) is -0.907. The van der Waals surface area contributed by atoms with E-state index < -0.39 is 5.97 Å². The first-order chi connectivity index (χ1) is 15.0. The van der Waals surface area contributed by atoms with Crippen LogP contribution in [0, 0.1) is 5.92 Å². The van der Waals surface area contributed by atoms with E-state index in [0.717, 1.165) is 24.2 Å². The number of rotatable bonds is 8. The second-order valence-corrected chi connectivity index (χ2v) is 8.83. The molecule has 0 unspecified atom stereocenters. The molecule has 0 amide bonds. The number of carboxylic acids is 1. The van der Waals surface area contributed by atoms with Crippen molar-refractivity contribution >= 4 is 11.7 Å². The number of fused-ring (bicyclic) bond motifs is 1. The Bertz CT molecular complexity index is 977. The molecular weight excluding hydrogens is 388 g/mol. The molecule has 4 rings (SSSR count). The van der Waals surface area contributed by atoms with Crippen molar-refractivity contribution in [2.75, 3.05) is 13.1 Å². The SMILES string of the molecule is CCc1cc(/C(C)=N/OCc2ccc3c(c2)CCCC3)ccc1CN1CC(C(=O)O)C1. The maximum Gasteiger partial charge on any atom is 0.309 e. The van der Waals surface area contributed by atoms with Gasteiger partial charge in [0.05, 0.1) is 11.6 Å². The minimum absolute atomic E-state index is 0.217. The van der Waals surface area contributed by atoms with Crippen LogP contribution in [-0.2, 0) is 42.0 Å². The quantitative estimate of drug-likeness (QED) is 0.501. The number of carboxylic acid groups (broad SMARTS) is 1. The van der Waals surface area contributed by atoms with Crippen LogP contribution in [0.25, 0.3) is 0 Å². The first kappa shape index (κ1) is 21.6. The summed E-state index contributed by atoms with van der Waals surface area (Å²) in [5, 5.41) is 13.4. The van der Waals surface area contributed by atoms with Gasteiger partial charge >= 0.3 is 5.97 Å². The van der Waals surface area contributed by atoms with Gasteiger partial charge in [-0.1, -0.05) is 42.4 Å². The van der Waals surface area contributed by atoms with E-state index in [-0.39, 0.29) is 5.92 Å². The van der Waals surface area contributed by atoms with Crippen LogP contribution in [0.3, 0.4) is 0 Å². The molecule has 1 aliphatic carbocycles. The van der Waals surface area contributed by atoms with E-state index in [1.807, 2.05) is 6.92 Å². The smallest absolute Gasteiger partial charge is 0.309 e. The first-order valence-corrected chi connectivity index (χ1v) is 11.4. The highest BCUT2D eigenvalue weighted by atomic mass is 16.6. The van der Waals surface area contributed by atoms with E-state index >= 15 is 0 Å². The van der Waals surface area contributed by atoms with Crippen molar-refractivity contribution in [3.8, 4) is 0 Å². The molecule has 164 valence electrons. The summed E-state index contributed by atoms with van der Waals surface area (Å²) in [4.78, 5) is 18.9. The number of oxime groups is 1. The molecule has 1 aliphatic heterocycles. The highest BCUT2D eigenvalue weighted by molar-refractivity contribution is 5.98. The van der Waals surface area contributed by atoms with Crippen molar-refractivity contribution in [1.29, 1.82) is 0 Å². The van der Waals surface area contributed by atoms with Gasteiger partial charge in [-0.15, -0.1) is 0 Å². The van der Waals surface area contributed by atoms with Crippen LogP contribution < -0.4 is 0 Å². The van der Waals surface area contributed by atoms with Crippen LogP contribution in [0.1, 0.15) is 60.1 Å². The third-order valence-corrected chi connectivity index (χ3v) is 6.55. The van der Waals surface area contributed by atoms with Gasteiger partial charge in [-0.2, -0.15) is 0 Å². The minimum Gasteiger partial charge on any atom is -0.481 e. The molecule has 2 aliphatic rings. The van der Waals surface area contributed by atoms with E-state index in [1.54, 1.807) is 0 Å². The number of aliphatic carboxylic acids is 1. The Morgan fingerprint density at radius 2 is 1.87 bits per heavy atom. The van der Waals surface area contributed by atoms with Crippen molar-refractivity contribution in [2.24, 2.45) is 11.1 Å². The summed E-state index contributed by atoms with van der Waals surface area (Å²) in [6.45, 7) is 6.70.